The molecule has 1 aliphatic heterocycles. The van der Waals surface area contributed by atoms with E-state index in [-0.39, 0.29) is 5.91 Å². The maximum atomic E-state index is 12.8. The molecule has 2 aromatic carbocycles. The van der Waals surface area contributed by atoms with Crippen LogP contribution in [0.25, 0.3) is 6.08 Å². The lowest BCUT2D eigenvalue weighted by molar-refractivity contribution is -0.113. The highest BCUT2D eigenvalue weighted by Crippen LogP contribution is 2.36. The molecule has 26 heavy (non-hydrogen) atoms. The van der Waals surface area contributed by atoms with Gasteiger partial charge in [-0.05, 0) is 54.3 Å². The number of aryl methyl sites for hydroxylation is 1. The fraction of sp³-hybridized carbons (Fsp3) is 0.238. The van der Waals surface area contributed by atoms with E-state index >= 15 is 0 Å². The Balaban J connectivity index is 1.78. The zero-order valence-electron chi connectivity index (χ0n) is 14.9. The molecule has 134 valence electrons. The SMILES string of the molecule is CCCCc1ccc(N2C(=O)/C(=C/c3ccc(OC)cc3)SC2=S)cc1. The number of thiocarbonyl (C=S) groups is 1. The van der Waals surface area contributed by atoms with Crippen molar-refractivity contribution >= 4 is 46.0 Å². The molecular weight excluding hydrogens is 362 g/mol. The highest BCUT2D eigenvalue weighted by molar-refractivity contribution is 8.27. The first kappa shape index (κ1) is 18.7. The predicted molar refractivity (Wildman–Crippen MR) is 114 cm³/mol. The summed E-state index contributed by atoms with van der Waals surface area (Å²) in [5, 5.41) is 0. The summed E-state index contributed by atoms with van der Waals surface area (Å²) in [5.41, 5.74) is 3.06. The van der Waals surface area contributed by atoms with Crippen LogP contribution in [-0.4, -0.2) is 17.3 Å². The third kappa shape index (κ3) is 4.17. The molecule has 0 radical (unpaired) electrons. The minimum Gasteiger partial charge on any atom is -0.497 e. The van der Waals surface area contributed by atoms with Crippen LogP contribution in [0.5, 0.6) is 5.75 Å². The van der Waals surface area contributed by atoms with Gasteiger partial charge in [-0.3, -0.25) is 9.69 Å². The second-order valence-corrected chi connectivity index (χ2v) is 7.74. The number of rotatable bonds is 6. The maximum absolute atomic E-state index is 12.8. The van der Waals surface area contributed by atoms with Crippen molar-refractivity contribution in [1.82, 2.24) is 0 Å². The maximum Gasteiger partial charge on any atom is 0.270 e. The van der Waals surface area contributed by atoms with Gasteiger partial charge in [0.25, 0.3) is 5.91 Å². The fourth-order valence-corrected chi connectivity index (χ4v) is 4.03. The second-order valence-electron chi connectivity index (χ2n) is 6.06. The number of hydrogen-bond donors (Lipinski definition) is 0. The van der Waals surface area contributed by atoms with Crippen molar-refractivity contribution in [3.05, 3.63) is 64.6 Å². The highest BCUT2D eigenvalue weighted by atomic mass is 32.2. The van der Waals surface area contributed by atoms with Gasteiger partial charge in [0.05, 0.1) is 17.7 Å². The third-order valence-electron chi connectivity index (χ3n) is 4.22. The normalized spacial score (nSPS) is 15.8. The van der Waals surface area contributed by atoms with Crippen molar-refractivity contribution in [2.75, 3.05) is 12.0 Å². The van der Waals surface area contributed by atoms with Gasteiger partial charge in [-0.2, -0.15) is 0 Å². The number of nitrogens with zero attached hydrogens (tertiary/aromatic N) is 1. The molecule has 0 atom stereocenters. The fourth-order valence-electron chi connectivity index (χ4n) is 2.73. The van der Waals surface area contributed by atoms with E-state index in [1.54, 1.807) is 12.0 Å². The van der Waals surface area contributed by atoms with E-state index in [0.29, 0.717) is 9.23 Å². The minimum atomic E-state index is -0.0721. The summed E-state index contributed by atoms with van der Waals surface area (Å²) in [7, 11) is 1.63. The Bertz CT molecular complexity index is 826. The van der Waals surface area contributed by atoms with Crippen LogP contribution in [0.2, 0.25) is 0 Å². The van der Waals surface area contributed by atoms with Crippen LogP contribution < -0.4 is 9.64 Å². The van der Waals surface area contributed by atoms with Gasteiger partial charge in [0.15, 0.2) is 4.32 Å². The third-order valence-corrected chi connectivity index (χ3v) is 5.52. The number of ether oxygens (including phenoxy) is 1. The van der Waals surface area contributed by atoms with E-state index in [9.17, 15) is 4.79 Å². The average Bonchev–Trinajstić information content (AvgIpc) is 2.94. The minimum absolute atomic E-state index is 0.0721. The van der Waals surface area contributed by atoms with Crippen molar-refractivity contribution in [2.24, 2.45) is 0 Å². The Hall–Kier alpha value is -2.11. The van der Waals surface area contributed by atoms with E-state index in [1.165, 1.54) is 30.2 Å². The molecule has 0 bridgehead atoms. The van der Waals surface area contributed by atoms with Crippen LogP contribution in [-0.2, 0) is 11.2 Å². The van der Waals surface area contributed by atoms with Gasteiger partial charge in [-0.1, -0.05) is 61.6 Å². The number of methoxy groups -OCH3 is 1. The van der Waals surface area contributed by atoms with Gasteiger partial charge in [0, 0.05) is 0 Å². The zero-order chi connectivity index (χ0) is 18.5. The van der Waals surface area contributed by atoms with Gasteiger partial charge in [0.2, 0.25) is 0 Å². The quantitative estimate of drug-likeness (QED) is 0.490. The average molecular weight is 384 g/mol. The van der Waals surface area contributed by atoms with Gasteiger partial charge in [-0.25, -0.2) is 0 Å². The molecule has 0 saturated carbocycles. The molecular formula is C21H21NO2S2. The zero-order valence-corrected chi connectivity index (χ0v) is 16.5. The van der Waals surface area contributed by atoms with E-state index in [4.69, 9.17) is 17.0 Å². The Labute approximate surface area is 164 Å². The summed E-state index contributed by atoms with van der Waals surface area (Å²) < 4.78 is 5.73. The van der Waals surface area contributed by atoms with E-state index in [1.807, 2.05) is 42.5 Å². The molecule has 0 aromatic heterocycles. The smallest absolute Gasteiger partial charge is 0.270 e. The Kier molecular flexibility index (Phi) is 6.12. The van der Waals surface area contributed by atoms with Crippen LogP contribution in [0, 0.1) is 0 Å². The Morgan fingerprint density at radius 3 is 2.42 bits per heavy atom. The topological polar surface area (TPSA) is 29.5 Å². The monoisotopic (exact) mass is 383 g/mol. The molecule has 3 rings (SSSR count). The van der Waals surface area contributed by atoms with Gasteiger partial charge < -0.3 is 4.74 Å². The number of carbonyl (C=O) groups excluding carboxylic acids is 1. The van der Waals surface area contributed by atoms with E-state index in [2.05, 4.69) is 19.1 Å². The lowest BCUT2D eigenvalue weighted by Gasteiger charge is -2.15. The van der Waals surface area contributed by atoms with Crippen molar-refractivity contribution in [2.45, 2.75) is 26.2 Å². The molecule has 1 fully saturated rings. The number of amides is 1. The highest BCUT2D eigenvalue weighted by Gasteiger charge is 2.33. The number of carbonyl (C=O) groups is 1. The Morgan fingerprint density at radius 1 is 1.12 bits per heavy atom. The number of hydrogen-bond acceptors (Lipinski definition) is 4. The largest absolute Gasteiger partial charge is 0.497 e. The molecule has 0 aliphatic carbocycles. The van der Waals surface area contributed by atoms with Crippen molar-refractivity contribution < 1.29 is 9.53 Å². The molecule has 1 heterocycles. The first-order valence-corrected chi connectivity index (χ1v) is 9.86. The van der Waals surface area contributed by atoms with Gasteiger partial charge in [-0.15, -0.1) is 0 Å². The van der Waals surface area contributed by atoms with Gasteiger partial charge in [0.1, 0.15) is 5.75 Å². The van der Waals surface area contributed by atoms with Crippen molar-refractivity contribution in [3.63, 3.8) is 0 Å². The summed E-state index contributed by atoms with van der Waals surface area (Å²) in [6.07, 6.45) is 5.28. The molecule has 0 N–H and O–H groups in total. The summed E-state index contributed by atoms with van der Waals surface area (Å²) >= 11 is 6.78. The standard InChI is InChI=1S/C21H21NO2S2/c1-3-4-5-15-6-10-17(11-7-15)22-20(23)19(26-21(22)25)14-16-8-12-18(24-2)13-9-16/h6-14H,3-5H2,1-2H3/b19-14-. The molecule has 2 aromatic rings. The van der Waals surface area contributed by atoms with Crippen LogP contribution >= 0.6 is 24.0 Å². The predicted octanol–water partition coefficient (Wildman–Crippen LogP) is 5.44. The second kappa shape index (κ2) is 8.52. The molecule has 1 saturated heterocycles. The first-order valence-electron chi connectivity index (χ1n) is 8.63. The van der Waals surface area contributed by atoms with Crippen LogP contribution in [0.3, 0.4) is 0 Å². The van der Waals surface area contributed by atoms with E-state index in [0.717, 1.165) is 23.4 Å². The lowest BCUT2D eigenvalue weighted by Crippen LogP contribution is -2.27. The number of benzene rings is 2. The molecule has 1 aliphatic rings. The summed E-state index contributed by atoms with van der Waals surface area (Å²) in [6.45, 7) is 2.18. The molecule has 1 amide bonds. The number of thioether (sulfide) groups is 1. The molecule has 0 unspecified atom stereocenters. The summed E-state index contributed by atoms with van der Waals surface area (Å²) in [4.78, 5) is 15.1. The van der Waals surface area contributed by atoms with E-state index < -0.39 is 0 Å². The molecule has 5 heteroatoms. The molecule has 3 nitrogen and oxygen atoms in total. The lowest BCUT2D eigenvalue weighted by atomic mass is 10.1. The van der Waals surface area contributed by atoms with Crippen LogP contribution in [0.4, 0.5) is 5.69 Å². The van der Waals surface area contributed by atoms with Gasteiger partial charge >= 0.3 is 0 Å². The summed E-state index contributed by atoms with van der Waals surface area (Å²) in [5.74, 6) is 0.718. The van der Waals surface area contributed by atoms with Crippen LogP contribution in [0.15, 0.2) is 53.4 Å². The molecule has 0 spiro atoms. The van der Waals surface area contributed by atoms with Crippen molar-refractivity contribution in [1.29, 1.82) is 0 Å². The van der Waals surface area contributed by atoms with Crippen LogP contribution in [0.1, 0.15) is 30.9 Å². The summed E-state index contributed by atoms with van der Waals surface area (Å²) in [6, 6.07) is 15.7. The Morgan fingerprint density at radius 2 is 1.81 bits per heavy atom. The van der Waals surface area contributed by atoms with Crippen molar-refractivity contribution in [3.8, 4) is 5.75 Å². The first-order chi connectivity index (χ1) is 12.6. The number of unbranched alkanes of at least 4 members (excludes halogenated alkanes) is 1. The number of anilines is 1.